The standard InChI is InChI=1S/C18H27N3/c1-5-6-7-8-16-9-11-17(12-10-16)19-13-18-14(2)20-21(4)15(18)3/h9-12,19H,5-8,13H2,1-4H3. The fourth-order valence-electron chi connectivity index (χ4n) is 2.63. The minimum Gasteiger partial charge on any atom is -0.381 e. The molecule has 1 heterocycles. The van der Waals surface area contributed by atoms with Crippen LogP contribution in [-0.4, -0.2) is 9.78 Å². The van der Waals surface area contributed by atoms with Crippen LogP contribution in [0.1, 0.15) is 48.7 Å². The number of anilines is 1. The van der Waals surface area contributed by atoms with Crippen LogP contribution in [0.25, 0.3) is 0 Å². The Morgan fingerprint density at radius 3 is 2.38 bits per heavy atom. The number of hydrogen-bond acceptors (Lipinski definition) is 2. The fourth-order valence-corrected chi connectivity index (χ4v) is 2.63. The summed E-state index contributed by atoms with van der Waals surface area (Å²) in [5, 5.41) is 7.95. The van der Waals surface area contributed by atoms with Crippen molar-refractivity contribution in [3.63, 3.8) is 0 Å². The van der Waals surface area contributed by atoms with E-state index in [9.17, 15) is 0 Å². The van der Waals surface area contributed by atoms with Crippen LogP contribution in [0.4, 0.5) is 5.69 Å². The van der Waals surface area contributed by atoms with Gasteiger partial charge in [0.25, 0.3) is 0 Å². The summed E-state index contributed by atoms with van der Waals surface area (Å²) in [6.45, 7) is 7.27. The molecular weight excluding hydrogens is 258 g/mol. The van der Waals surface area contributed by atoms with Crippen LogP contribution in [0.2, 0.25) is 0 Å². The molecule has 0 saturated heterocycles. The fraction of sp³-hybridized carbons (Fsp3) is 0.500. The number of hydrogen-bond donors (Lipinski definition) is 1. The van der Waals surface area contributed by atoms with E-state index in [0.29, 0.717) is 0 Å². The van der Waals surface area contributed by atoms with Crippen LogP contribution in [0, 0.1) is 13.8 Å². The second kappa shape index (κ2) is 7.30. The van der Waals surface area contributed by atoms with Crippen LogP contribution in [0.3, 0.4) is 0 Å². The SMILES string of the molecule is CCCCCc1ccc(NCc2c(C)nn(C)c2C)cc1. The Labute approximate surface area is 128 Å². The van der Waals surface area contributed by atoms with E-state index in [1.165, 1.54) is 48.2 Å². The molecule has 3 heteroatoms. The Balaban J connectivity index is 1.91. The largest absolute Gasteiger partial charge is 0.381 e. The highest BCUT2D eigenvalue weighted by Gasteiger charge is 2.08. The molecule has 0 fully saturated rings. The third-order valence-corrected chi connectivity index (χ3v) is 4.15. The van der Waals surface area contributed by atoms with Crippen molar-refractivity contribution in [3.8, 4) is 0 Å². The summed E-state index contributed by atoms with van der Waals surface area (Å²) in [4.78, 5) is 0. The zero-order chi connectivity index (χ0) is 15.2. The first-order chi connectivity index (χ1) is 10.1. The van der Waals surface area contributed by atoms with E-state index in [-0.39, 0.29) is 0 Å². The van der Waals surface area contributed by atoms with Crippen molar-refractivity contribution in [2.24, 2.45) is 7.05 Å². The predicted octanol–water partition coefficient (Wildman–Crippen LogP) is 4.38. The Kier molecular flexibility index (Phi) is 5.43. The molecule has 114 valence electrons. The van der Waals surface area contributed by atoms with Gasteiger partial charge >= 0.3 is 0 Å². The molecule has 0 radical (unpaired) electrons. The average Bonchev–Trinajstić information content (AvgIpc) is 2.72. The average molecular weight is 285 g/mol. The molecule has 0 saturated carbocycles. The minimum absolute atomic E-state index is 0.834. The second-order valence-corrected chi connectivity index (χ2v) is 5.78. The van der Waals surface area contributed by atoms with Crippen molar-refractivity contribution in [1.82, 2.24) is 9.78 Å². The Bertz CT molecular complexity index is 567. The molecule has 1 N–H and O–H groups in total. The summed E-state index contributed by atoms with van der Waals surface area (Å²) < 4.78 is 1.95. The van der Waals surface area contributed by atoms with Crippen LogP contribution >= 0.6 is 0 Å². The molecule has 21 heavy (non-hydrogen) atoms. The minimum atomic E-state index is 0.834. The van der Waals surface area contributed by atoms with Crippen molar-refractivity contribution in [2.75, 3.05) is 5.32 Å². The summed E-state index contributed by atoms with van der Waals surface area (Å²) >= 11 is 0. The first-order valence-electron chi connectivity index (χ1n) is 7.93. The van der Waals surface area contributed by atoms with Gasteiger partial charge in [0, 0.05) is 30.5 Å². The van der Waals surface area contributed by atoms with Gasteiger partial charge in [0.15, 0.2) is 0 Å². The van der Waals surface area contributed by atoms with Crippen LogP contribution in [-0.2, 0) is 20.0 Å². The number of aromatic nitrogens is 2. The number of nitrogens with zero attached hydrogens (tertiary/aromatic N) is 2. The third-order valence-electron chi connectivity index (χ3n) is 4.15. The second-order valence-electron chi connectivity index (χ2n) is 5.78. The highest BCUT2D eigenvalue weighted by Crippen LogP contribution is 2.16. The van der Waals surface area contributed by atoms with Gasteiger partial charge in [0.1, 0.15) is 0 Å². The lowest BCUT2D eigenvalue weighted by molar-refractivity contribution is 0.717. The lowest BCUT2D eigenvalue weighted by Gasteiger charge is -2.08. The molecule has 1 aromatic heterocycles. The number of aryl methyl sites for hydroxylation is 3. The highest BCUT2D eigenvalue weighted by molar-refractivity contribution is 5.45. The summed E-state index contributed by atoms with van der Waals surface area (Å²) in [7, 11) is 2.00. The number of unbranched alkanes of at least 4 members (excludes halogenated alkanes) is 2. The molecule has 0 bridgehead atoms. The molecule has 0 aliphatic heterocycles. The van der Waals surface area contributed by atoms with Crippen molar-refractivity contribution in [1.29, 1.82) is 0 Å². The van der Waals surface area contributed by atoms with Crippen molar-refractivity contribution in [2.45, 2.75) is 53.0 Å². The van der Waals surface area contributed by atoms with Gasteiger partial charge in [-0.1, -0.05) is 31.9 Å². The van der Waals surface area contributed by atoms with Gasteiger partial charge in [-0.05, 0) is 44.4 Å². The molecule has 2 aromatic rings. The topological polar surface area (TPSA) is 29.9 Å². The van der Waals surface area contributed by atoms with E-state index in [0.717, 1.165) is 12.2 Å². The van der Waals surface area contributed by atoms with Gasteiger partial charge in [-0.3, -0.25) is 4.68 Å². The maximum Gasteiger partial charge on any atom is 0.0646 e. The summed E-state index contributed by atoms with van der Waals surface area (Å²) in [5.41, 5.74) is 6.25. The third kappa shape index (κ3) is 4.10. The van der Waals surface area contributed by atoms with Gasteiger partial charge in [-0.15, -0.1) is 0 Å². The van der Waals surface area contributed by atoms with Crippen LogP contribution in [0.15, 0.2) is 24.3 Å². The van der Waals surface area contributed by atoms with Gasteiger partial charge in [-0.2, -0.15) is 5.10 Å². The monoisotopic (exact) mass is 285 g/mol. The maximum atomic E-state index is 4.46. The molecule has 0 spiro atoms. The molecule has 1 aromatic carbocycles. The first kappa shape index (κ1) is 15.6. The Morgan fingerprint density at radius 1 is 1.10 bits per heavy atom. The number of benzene rings is 1. The van der Waals surface area contributed by atoms with Gasteiger partial charge < -0.3 is 5.32 Å². The van der Waals surface area contributed by atoms with Crippen LogP contribution < -0.4 is 5.32 Å². The molecule has 0 atom stereocenters. The zero-order valence-corrected chi connectivity index (χ0v) is 13.7. The number of nitrogens with one attached hydrogen (secondary N) is 1. The number of rotatable bonds is 7. The summed E-state index contributed by atoms with van der Waals surface area (Å²) in [5.74, 6) is 0. The molecule has 2 rings (SSSR count). The quantitative estimate of drug-likeness (QED) is 0.765. The van der Waals surface area contributed by atoms with E-state index in [1.54, 1.807) is 0 Å². The van der Waals surface area contributed by atoms with Gasteiger partial charge in [0.2, 0.25) is 0 Å². The van der Waals surface area contributed by atoms with Crippen LogP contribution in [0.5, 0.6) is 0 Å². The molecule has 0 amide bonds. The molecule has 3 nitrogen and oxygen atoms in total. The molecule has 0 unspecified atom stereocenters. The van der Waals surface area contributed by atoms with Crippen molar-refractivity contribution >= 4 is 5.69 Å². The normalized spacial score (nSPS) is 10.9. The molecule has 0 aliphatic rings. The van der Waals surface area contributed by atoms with Gasteiger partial charge in [-0.25, -0.2) is 0 Å². The smallest absolute Gasteiger partial charge is 0.0646 e. The Hall–Kier alpha value is -1.77. The van der Waals surface area contributed by atoms with E-state index >= 15 is 0 Å². The summed E-state index contributed by atoms with van der Waals surface area (Å²) in [6.07, 6.45) is 5.08. The maximum absolute atomic E-state index is 4.46. The molecular formula is C18H27N3. The van der Waals surface area contributed by atoms with E-state index < -0.39 is 0 Å². The highest BCUT2D eigenvalue weighted by atomic mass is 15.3. The lowest BCUT2D eigenvalue weighted by atomic mass is 10.1. The zero-order valence-electron chi connectivity index (χ0n) is 13.7. The lowest BCUT2D eigenvalue weighted by Crippen LogP contribution is -2.02. The van der Waals surface area contributed by atoms with E-state index in [4.69, 9.17) is 0 Å². The van der Waals surface area contributed by atoms with E-state index in [2.05, 4.69) is 55.5 Å². The first-order valence-corrected chi connectivity index (χ1v) is 7.93. The molecule has 0 aliphatic carbocycles. The van der Waals surface area contributed by atoms with Gasteiger partial charge in [0.05, 0.1) is 5.69 Å². The predicted molar refractivity (Wildman–Crippen MR) is 89.7 cm³/mol. The Morgan fingerprint density at radius 2 is 1.81 bits per heavy atom. The van der Waals surface area contributed by atoms with Crippen molar-refractivity contribution in [3.05, 3.63) is 46.8 Å². The summed E-state index contributed by atoms with van der Waals surface area (Å²) in [6, 6.07) is 8.84. The van der Waals surface area contributed by atoms with Crippen molar-refractivity contribution < 1.29 is 0 Å². The van der Waals surface area contributed by atoms with E-state index in [1.807, 2.05) is 11.7 Å².